The van der Waals surface area contributed by atoms with Crippen LogP contribution in [0.2, 0.25) is 0 Å². The fraction of sp³-hybridized carbons (Fsp3) is 0.769. The van der Waals surface area contributed by atoms with Gasteiger partial charge in [0.2, 0.25) is 11.8 Å². The van der Waals surface area contributed by atoms with E-state index in [4.69, 9.17) is 22.0 Å². The molecule has 0 heterocycles. The maximum atomic E-state index is 10.9. The molecule has 0 unspecified atom stereocenters. The molecule has 0 atom stereocenters. The number of hydrogen-bond donors (Lipinski definition) is 4. The molecule has 0 bridgehead atoms. The number of primary amides is 2. The lowest BCUT2D eigenvalue weighted by Gasteiger charge is -2.33. The Morgan fingerprint density at radius 3 is 1.75 bits per heavy atom. The number of hydrogen-bond acceptors (Lipinski definition) is 5. The first-order valence-corrected chi connectivity index (χ1v) is 6.72. The minimum absolute atomic E-state index is 0.274. The molecule has 0 aliphatic carbocycles. The molecule has 0 radical (unpaired) electrons. The third-order valence-corrected chi connectivity index (χ3v) is 3.09. The van der Waals surface area contributed by atoms with Crippen LogP contribution in [0.1, 0.15) is 45.4 Å². The van der Waals surface area contributed by atoms with Crippen LogP contribution in [0.15, 0.2) is 0 Å². The molecule has 0 aliphatic rings. The Bertz CT molecular complexity index is 277. The maximum Gasteiger partial charge on any atom is 0.217 e. The molecule has 20 heavy (non-hydrogen) atoms. The zero-order valence-electron chi connectivity index (χ0n) is 12.5. The van der Waals surface area contributed by atoms with E-state index < -0.39 is 0 Å². The highest BCUT2D eigenvalue weighted by molar-refractivity contribution is 5.74. The minimum Gasteiger partial charge on any atom is -0.370 e. The number of aldehydes is 1. The van der Waals surface area contributed by atoms with E-state index in [-0.39, 0.29) is 17.4 Å². The average molecular weight is 288 g/mol. The highest BCUT2D eigenvalue weighted by Gasteiger charge is 2.28. The van der Waals surface area contributed by atoms with Crippen molar-refractivity contribution >= 4 is 18.1 Å². The van der Waals surface area contributed by atoms with Crippen molar-refractivity contribution < 1.29 is 14.4 Å². The maximum absolute atomic E-state index is 10.9. The van der Waals surface area contributed by atoms with Gasteiger partial charge in [0.25, 0.3) is 0 Å². The molecule has 7 nitrogen and oxygen atoms in total. The van der Waals surface area contributed by atoms with E-state index in [1.807, 2.05) is 7.05 Å². The summed E-state index contributed by atoms with van der Waals surface area (Å²) in [7, 11) is 1.82. The van der Waals surface area contributed by atoms with Gasteiger partial charge in [0.05, 0.1) is 0 Å². The van der Waals surface area contributed by atoms with Crippen LogP contribution in [0.25, 0.3) is 0 Å². The van der Waals surface area contributed by atoms with Gasteiger partial charge < -0.3 is 27.3 Å². The Kier molecular flexibility index (Phi) is 13.1. The Morgan fingerprint density at radius 2 is 1.50 bits per heavy atom. The summed E-state index contributed by atoms with van der Waals surface area (Å²) in [5, 5.41) is 3.19. The van der Waals surface area contributed by atoms with Crippen molar-refractivity contribution in [1.29, 1.82) is 0 Å². The normalized spacial score (nSPS) is 10.3. The van der Waals surface area contributed by atoms with Crippen LogP contribution < -0.4 is 22.5 Å². The summed E-state index contributed by atoms with van der Waals surface area (Å²) in [6, 6.07) is 0. The number of nitrogens with two attached hydrogens (primary N) is 3. The Balaban J connectivity index is 0. The van der Waals surface area contributed by atoms with E-state index in [9.17, 15) is 9.59 Å². The fourth-order valence-electron chi connectivity index (χ4n) is 1.92. The fourth-order valence-corrected chi connectivity index (χ4v) is 1.92. The van der Waals surface area contributed by atoms with Crippen molar-refractivity contribution in [3.8, 4) is 0 Å². The third-order valence-electron chi connectivity index (χ3n) is 3.09. The molecule has 0 aromatic rings. The topological polar surface area (TPSA) is 141 Å². The molecule has 0 aromatic heterocycles. The van der Waals surface area contributed by atoms with Crippen LogP contribution >= 0.6 is 0 Å². The molecule has 118 valence electrons. The second-order valence-electron chi connectivity index (χ2n) is 4.59. The number of rotatable bonds is 10. The van der Waals surface area contributed by atoms with Crippen LogP contribution in [0.4, 0.5) is 0 Å². The van der Waals surface area contributed by atoms with E-state index in [1.165, 1.54) is 6.92 Å². The number of nitrogens with one attached hydrogen (secondary N) is 1. The second kappa shape index (κ2) is 12.6. The summed E-state index contributed by atoms with van der Waals surface area (Å²) in [4.78, 5) is 30.5. The number of carbonyl (C=O) groups excluding carboxylic acids is 3. The molecule has 0 rings (SSSR count). The number of amides is 2. The van der Waals surface area contributed by atoms with Gasteiger partial charge in [-0.05, 0) is 46.2 Å². The van der Waals surface area contributed by atoms with Crippen molar-refractivity contribution in [3.63, 3.8) is 0 Å². The first kappa shape index (κ1) is 20.8. The molecule has 0 saturated heterocycles. The van der Waals surface area contributed by atoms with Gasteiger partial charge in [0.15, 0.2) is 0 Å². The lowest BCUT2D eigenvalue weighted by Crippen LogP contribution is -2.44. The predicted molar refractivity (Wildman–Crippen MR) is 78.7 cm³/mol. The van der Waals surface area contributed by atoms with E-state index in [2.05, 4.69) is 5.32 Å². The number of carbonyl (C=O) groups is 3. The molecule has 0 fully saturated rings. The largest absolute Gasteiger partial charge is 0.370 e. The van der Waals surface area contributed by atoms with Crippen LogP contribution in [-0.4, -0.2) is 37.2 Å². The standard InChI is InChI=1S/C11H24N4O2.C2H4O/c1-15-11(5-2-8-12,6-3-9(13)16)7-4-10(14)17;1-2-3/h15H,2-8,12H2,1H3,(H2,13,16)(H2,14,17);2H,1H3. The van der Waals surface area contributed by atoms with E-state index in [1.54, 1.807) is 0 Å². The van der Waals surface area contributed by atoms with Crippen molar-refractivity contribution in [2.24, 2.45) is 17.2 Å². The van der Waals surface area contributed by atoms with Gasteiger partial charge in [-0.15, -0.1) is 0 Å². The lowest BCUT2D eigenvalue weighted by atomic mass is 9.83. The Hall–Kier alpha value is -1.47. The zero-order valence-corrected chi connectivity index (χ0v) is 12.5. The van der Waals surface area contributed by atoms with Gasteiger partial charge in [0, 0.05) is 18.4 Å². The molecule has 7 N–H and O–H groups in total. The Labute approximate surface area is 120 Å². The summed E-state index contributed by atoms with van der Waals surface area (Å²) in [6.45, 7) is 2.02. The van der Waals surface area contributed by atoms with Gasteiger partial charge >= 0.3 is 0 Å². The van der Waals surface area contributed by atoms with Crippen LogP contribution in [0.3, 0.4) is 0 Å². The second-order valence-corrected chi connectivity index (χ2v) is 4.59. The predicted octanol–water partition coefficient (Wildman–Crippen LogP) is -0.580. The summed E-state index contributed by atoms with van der Waals surface area (Å²) in [5.74, 6) is -0.673. The van der Waals surface area contributed by atoms with Crippen molar-refractivity contribution in [2.75, 3.05) is 13.6 Å². The molecular formula is C13H28N4O3. The van der Waals surface area contributed by atoms with Crippen molar-refractivity contribution in [1.82, 2.24) is 5.32 Å². The van der Waals surface area contributed by atoms with Crippen LogP contribution in [0, 0.1) is 0 Å². The molecule has 7 heteroatoms. The molecule has 0 saturated carbocycles. The summed E-state index contributed by atoms with van der Waals surface area (Å²) < 4.78 is 0. The average Bonchev–Trinajstić information content (AvgIpc) is 2.39. The van der Waals surface area contributed by atoms with E-state index in [0.29, 0.717) is 32.2 Å². The van der Waals surface area contributed by atoms with Crippen LogP contribution in [-0.2, 0) is 14.4 Å². The zero-order chi connectivity index (χ0) is 16.0. The molecular weight excluding hydrogens is 260 g/mol. The van der Waals surface area contributed by atoms with Gasteiger partial charge in [-0.25, -0.2) is 0 Å². The highest BCUT2D eigenvalue weighted by atomic mass is 16.1. The van der Waals surface area contributed by atoms with Crippen LogP contribution in [0.5, 0.6) is 0 Å². The molecule has 0 spiro atoms. The molecule has 2 amide bonds. The molecule has 0 aromatic carbocycles. The summed E-state index contributed by atoms with van der Waals surface area (Å²) >= 11 is 0. The highest BCUT2D eigenvalue weighted by Crippen LogP contribution is 2.24. The van der Waals surface area contributed by atoms with Gasteiger partial charge in [0.1, 0.15) is 6.29 Å². The van der Waals surface area contributed by atoms with Gasteiger partial charge in [-0.1, -0.05) is 0 Å². The van der Waals surface area contributed by atoms with E-state index >= 15 is 0 Å². The molecule has 0 aliphatic heterocycles. The summed E-state index contributed by atoms with van der Waals surface area (Å²) in [5.41, 5.74) is 15.5. The first-order valence-electron chi connectivity index (χ1n) is 6.72. The SMILES string of the molecule is CC=O.CNC(CCCN)(CCC(N)=O)CCC(N)=O. The third kappa shape index (κ3) is 11.6. The van der Waals surface area contributed by atoms with Crippen molar-refractivity contribution in [2.45, 2.75) is 51.0 Å². The monoisotopic (exact) mass is 288 g/mol. The lowest BCUT2D eigenvalue weighted by molar-refractivity contribution is -0.118. The van der Waals surface area contributed by atoms with Crippen molar-refractivity contribution in [3.05, 3.63) is 0 Å². The van der Waals surface area contributed by atoms with Gasteiger partial charge in [-0.2, -0.15) is 0 Å². The summed E-state index contributed by atoms with van der Waals surface area (Å²) in [6.07, 6.45) is 4.19. The Morgan fingerprint density at radius 1 is 1.10 bits per heavy atom. The van der Waals surface area contributed by atoms with Gasteiger partial charge in [-0.3, -0.25) is 9.59 Å². The smallest absolute Gasteiger partial charge is 0.217 e. The van der Waals surface area contributed by atoms with E-state index in [0.717, 1.165) is 19.1 Å². The first-order chi connectivity index (χ1) is 9.37. The quantitative estimate of drug-likeness (QED) is 0.398. The minimum atomic E-state index is -0.337.